The fourth-order valence-corrected chi connectivity index (χ4v) is 2.64. The summed E-state index contributed by atoms with van der Waals surface area (Å²) < 4.78 is 40.5. The molecule has 0 bridgehead atoms. The fourth-order valence-electron chi connectivity index (χ4n) is 2.64. The van der Waals surface area contributed by atoms with E-state index in [1.54, 1.807) is 6.07 Å². The van der Waals surface area contributed by atoms with E-state index >= 15 is 0 Å². The number of aromatic amines is 1. The number of H-pyrrole nitrogens is 1. The molecule has 3 rings (SSSR count). The van der Waals surface area contributed by atoms with Gasteiger partial charge in [0.1, 0.15) is 0 Å². The van der Waals surface area contributed by atoms with Crippen LogP contribution in [0.3, 0.4) is 0 Å². The molecule has 0 aliphatic heterocycles. The van der Waals surface area contributed by atoms with Crippen LogP contribution in [0.1, 0.15) is 43.6 Å². The maximum absolute atomic E-state index is 13.5. The van der Waals surface area contributed by atoms with Crippen LogP contribution in [0.5, 0.6) is 0 Å². The highest BCUT2D eigenvalue weighted by atomic mass is 19.4. The summed E-state index contributed by atoms with van der Waals surface area (Å²) in [5.41, 5.74) is 1.90. The van der Waals surface area contributed by atoms with Crippen LogP contribution in [-0.2, 0) is 12.6 Å². The van der Waals surface area contributed by atoms with Crippen LogP contribution in [-0.4, -0.2) is 15.0 Å². The van der Waals surface area contributed by atoms with Gasteiger partial charge in [0.15, 0.2) is 0 Å². The molecule has 0 aliphatic carbocycles. The Balaban J connectivity index is 2.22. The number of hydrogen-bond acceptors (Lipinski definition) is 2. The van der Waals surface area contributed by atoms with Gasteiger partial charge in [-0.1, -0.05) is 20.8 Å². The van der Waals surface area contributed by atoms with Gasteiger partial charge in [-0.25, -0.2) is 0 Å². The molecular formula is C18H18F3N3. The zero-order valence-corrected chi connectivity index (χ0v) is 13.7. The number of aryl methyl sites for hydroxylation is 1. The number of benzene rings is 1. The molecule has 0 aliphatic rings. The standard InChI is InChI=1S/C18H18F3N3/c1-4-12-8-23-17(9-22-12)13-7-16-11(5-14(13)18(19,20)21)6-15(24-16)10(2)3/h5-10,24H,4H2,1-3H3. The minimum atomic E-state index is -4.45. The SMILES string of the molecule is CCc1cnc(-c2cc3[nH]c(C(C)C)cc3cc2C(F)(F)F)cn1. The second-order valence-corrected chi connectivity index (χ2v) is 6.11. The van der Waals surface area contributed by atoms with Crippen molar-refractivity contribution < 1.29 is 13.2 Å². The van der Waals surface area contributed by atoms with Gasteiger partial charge >= 0.3 is 6.18 Å². The predicted molar refractivity (Wildman–Crippen MR) is 87.8 cm³/mol. The third kappa shape index (κ3) is 3.00. The highest BCUT2D eigenvalue weighted by molar-refractivity contribution is 5.87. The zero-order valence-electron chi connectivity index (χ0n) is 13.7. The molecule has 0 radical (unpaired) electrons. The van der Waals surface area contributed by atoms with Gasteiger partial charge in [-0.15, -0.1) is 0 Å². The molecule has 3 nitrogen and oxygen atoms in total. The molecule has 0 atom stereocenters. The third-order valence-electron chi connectivity index (χ3n) is 4.05. The number of nitrogens with zero attached hydrogens (tertiary/aromatic N) is 2. The summed E-state index contributed by atoms with van der Waals surface area (Å²) in [7, 11) is 0. The number of halogens is 3. The summed E-state index contributed by atoms with van der Waals surface area (Å²) in [6, 6.07) is 4.47. The van der Waals surface area contributed by atoms with Gasteiger partial charge in [0, 0.05) is 28.4 Å². The second-order valence-electron chi connectivity index (χ2n) is 6.11. The average molecular weight is 333 g/mol. The summed E-state index contributed by atoms with van der Waals surface area (Å²) >= 11 is 0. The normalized spacial score (nSPS) is 12.3. The molecule has 1 N–H and O–H groups in total. The van der Waals surface area contributed by atoms with Crippen molar-refractivity contribution >= 4 is 10.9 Å². The van der Waals surface area contributed by atoms with Crippen LogP contribution in [0.4, 0.5) is 13.2 Å². The third-order valence-corrected chi connectivity index (χ3v) is 4.05. The lowest BCUT2D eigenvalue weighted by atomic mass is 10.0. The largest absolute Gasteiger partial charge is 0.417 e. The summed E-state index contributed by atoms with van der Waals surface area (Å²) in [5.74, 6) is 0.207. The van der Waals surface area contributed by atoms with E-state index in [4.69, 9.17) is 0 Å². The number of rotatable bonds is 3. The Morgan fingerprint density at radius 2 is 1.83 bits per heavy atom. The molecular weight excluding hydrogens is 315 g/mol. The number of nitrogens with one attached hydrogen (secondary N) is 1. The highest BCUT2D eigenvalue weighted by Crippen LogP contribution is 2.39. The molecule has 0 unspecified atom stereocenters. The van der Waals surface area contributed by atoms with Crippen LogP contribution in [0.25, 0.3) is 22.2 Å². The van der Waals surface area contributed by atoms with Crippen molar-refractivity contribution in [3.05, 3.63) is 47.5 Å². The summed E-state index contributed by atoms with van der Waals surface area (Å²) in [6.07, 6.45) is -0.841. The molecule has 2 heterocycles. The van der Waals surface area contributed by atoms with E-state index in [0.29, 0.717) is 17.3 Å². The van der Waals surface area contributed by atoms with Crippen LogP contribution in [0.2, 0.25) is 0 Å². The molecule has 126 valence electrons. The van der Waals surface area contributed by atoms with Crippen molar-refractivity contribution in [2.75, 3.05) is 0 Å². The second kappa shape index (κ2) is 5.92. The molecule has 3 aromatic rings. The number of hydrogen-bond donors (Lipinski definition) is 1. The van der Waals surface area contributed by atoms with E-state index < -0.39 is 11.7 Å². The lowest BCUT2D eigenvalue weighted by molar-refractivity contribution is -0.137. The quantitative estimate of drug-likeness (QED) is 0.704. The van der Waals surface area contributed by atoms with E-state index in [1.807, 2.05) is 20.8 Å². The smallest absolute Gasteiger partial charge is 0.358 e. The Bertz CT molecular complexity index is 862. The molecule has 1 aromatic carbocycles. The topological polar surface area (TPSA) is 41.6 Å². The fraction of sp³-hybridized carbons (Fsp3) is 0.333. The minimum Gasteiger partial charge on any atom is -0.358 e. The van der Waals surface area contributed by atoms with E-state index in [9.17, 15) is 13.2 Å². The van der Waals surface area contributed by atoms with Crippen molar-refractivity contribution in [3.8, 4) is 11.3 Å². The van der Waals surface area contributed by atoms with Gasteiger partial charge in [-0.3, -0.25) is 9.97 Å². The molecule has 0 fully saturated rings. The molecule has 2 aromatic heterocycles. The maximum atomic E-state index is 13.5. The Hall–Kier alpha value is -2.37. The molecule has 24 heavy (non-hydrogen) atoms. The van der Waals surface area contributed by atoms with Gasteiger partial charge in [0.05, 0.1) is 23.1 Å². The molecule has 0 saturated heterocycles. The van der Waals surface area contributed by atoms with Gasteiger partial charge in [0.25, 0.3) is 0 Å². The zero-order chi connectivity index (χ0) is 17.5. The van der Waals surface area contributed by atoms with E-state index in [-0.39, 0.29) is 17.2 Å². The number of aromatic nitrogens is 3. The van der Waals surface area contributed by atoms with Crippen molar-refractivity contribution in [3.63, 3.8) is 0 Å². The average Bonchev–Trinajstić information content (AvgIpc) is 2.96. The van der Waals surface area contributed by atoms with Crippen LogP contribution >= 0.6 is 0 Å². The molecule has 6 heteroatoms. The Labute approximate surface area is 138 Å². The minimum absolute atomic E-state index is 0.0438. The Morgan fingerprint density at radius 1 is 1.08 bits per heavy atom. The van der Waals surface area contributed by atoms with Gasteiger partial charge in [-0.2, -0.15) is 13.2 Å². The summed E-state index contributed by atoms with van der Waals surface area (Å²) in [4.78, 5) is 11.5. The molecule has 0 amide bonds. The summed E-state index contributed by atoms with van der Waals surface area (Å²) in [5, 5.41) is 0.549. The lowest BCUT2D eigenvalue weighted by Crippen LogP contribution is -2.08. The van der Waals surface area contributed by atoms with Crippen LogP contribution < -0.4 is 0 Å². The Kier molecular flexibility index (Phi) is 4.07. The van der Waals surface area contributed by atoms with Crippen molar-refractivity contribution in [2.45, 2.75) is 39.3 Å². The van der Waals surface area contributed by atoms with Crippen LogP contribution in [0.15, 0.2) is 30.6 Å². The summed E-state index contributed by atoms with van der Waals surface area (Å²) in [6.45, 7) is 5.90. The molecule has 0 spiro atoms. The first-order chi connectivity index (χ1) is 11.3. The van der Waals surface area contributed by atoms with E-state index in [1.165, 1.54) is 24.5 Å². The van der Waals surface area contributed by atoms with Crippen LogP contribution in [0, 0.1) is 0 Å². The van der Waals surface area contributed by atoms with Crippen molar-refractivity contribution in [1.29, 1.82) is 0 Å². The van der Waals surface area contributed by atoms with Crippen molar-refractivity contribution in [1.82, 2.24) is 15.0 Å². The van der Waals surface area contributed by atoms with Gasteiger partial charge in [0.2, 0.25) is 0 Å². The van der Waals surface area contributed by atoms with Gasteiger partial charge in [-0.05, 0) is 30.5 Å². The highest BCUT2D eigenvalue weighted by Gasteiger charge is 2.34. The van der Waals surface area contributed by atoms with Crippen molar-refractivity contribution in [2.24, 2.45) is 0 Å². The maximum Gasteiger partial charge on any atom is 0.417 e. The van der Waals surface area contributed by atoms with E-state index in [2.05, 4.69) is 15.0 Å². The first-order valence-electron chi connectivity index (χ1n) is 7.84. The molecule has 0 saturated carbocycles. The first kappa shape index (κ1) is 16.5. The first-order valence-corrected chi connectivity index (χ1v) is 7.84. The van der Waals surface area contributed by atoms with Gasteiger partial charge < -0.3 is 4.98 Å². The monoisotopic (exact) mass is 333 g/mol. The Morgan fingerprint density at radius 3 is 2.38 bits per heavy atom. The predicted octanol–water partition coefficient (Wildman–Crippen LogP) is 5.33. The van der Waals surface area contributed by atoms with E-state index in [0.717, 1.165) is 11.4 Å². The number of alkyl halides is 3. The lowest BCUT2D eigenvalue weighted by Gasteiger charge is -2.13. The number of fused-ring (bicyclic) bond motifs is 1.